The van der Waals surface area contributed by atoms with Crippen LogP contribution < -0.4 is 0 Å². The third-order valence-corrected chi connectivity index (χ3v) is 8.09. The largest absolute Gasteiger partial charge is 0.450 e. The van der Waals surface area contributed by atoms with E-state index in [0.29, 0.717) is 45.5 Å². The molecule has 7 nitrogen and oxygen atoms in total. The Kier molecular flexibility index (Phi) is 6.82. The average molecular weight is 447 g/mol. The molecule has 0 unspecified atom stereocenters. The van der Waals surface area contributed by atoms with Gasteiger partial charge in [-0.25, -0.2) is 4.79 Å². The molecule has 1 amide bonds. The zero-order valence-corrected chi connectivity index (χ0v) is 19.3. The van der Waals surface area contributed by atoms with Gasteiger partial charge >= 0.3 is 6.09 Å². The molecule has 4 rings (SSSR count). The van der Waals surface area contributed by atoms with E-state index in [1.54, 1.807) is 11.8 Å². The van der Waals surface area contributed by atoms with Crippen LogP contribution in [0.5, 0.6) is 0 Å². The molecular formula is C25H38N2O5. The fourth-order valence-corrected chi connectivity index (χ4v) is 6.22. The fraction of sp³-hybridized carbons (Fsp3) is 0.720. The van der Waals surface area contributed by atoms with E-state index in [2.05, 4.69) is 24.0 Å². The lowest BCUT2D eigenvalue weighted by molar-refractivity contribution is -0.0780. The van der Waals surface area contributed by atoms with Crippen molar-refractivity contribution in [2.45, 2.75) is 82.3 Å². The van der Waals surface area contributed by atoms with Crippen molar-refractivity contribution in [3.63, 3.8) is 0 Å². The van der Waals surface area contributed by atoms with E-state index in [-0.39, 0.29) is 18.2 Å². The maximum Gasteiger partial charge on any atom is 0.409 e. The Bertz CT molecular complexity index is 782. The number of benzene rings is 1. The van der Waals surface area contributed by atoms with Crippen LogP contribution in [-0.4, -0.2) is 81.3 Å². The predicted octanol–water partition coefficient (Wildman–Crippen LogP) is 2.70. The molecule has 1 aromatic rings. The number of amides is 1. The Balaban J connectivity index is 1.57. The van der Waals surface area contributed by atoms with E-state index < -0.39 is 23.2 Å². The summed E-state index contributed by atoms with van der Waals surface area (Å²) in [6.45, 7) is 5.68. The van der Waals surface area contributed by atoms with Crippen LogP contribution in [0.15, 0.2) is 30.3 Å². The van der Waals surface area contributed by atoms with Crippen molar-refractivity contribution in [1.29, 1.82) is 0 Å². The average Bonchev–Trinajstić information content (AvgIpc) is 3.00. The number of carbonyl (C=O) groups is 1. The van der Waals surface area contributed by atoms with Gasteiger partial charge in [0.15, 0.2) is 0 Å². The lowest BCUT2D eigenvalue weighted by atomic mass is 9.74. The van der Waals surface area contributed by atoms with Crippen LogP contribution in [0.3, 0.4) is 0 Å². The van der Waals surface area contributed by atoms with Gasteiger partial charge in [-0.1, -0.05) is 37.3 Å². The maximum absolute atomic E-state index is 12.1. The first-order valence-corrected chi connectivity index (χ1v) is 12.1. The highest BCUT2D eigenvalue weighted by atomic mass is 16.6. The van der Waals surface area contributed by atoms with Gasteiger partial charge in [-0.2, -0.15) is 0 Å². The normalized spacial score (nSPS) is 35.2. The summed E-state index contributed by atoms with van der Waals surface area (Å²) < 4.78 is 5.12. The molecule has 2 saturated heterocycles. The Hall–Kier alpha value is -1.67. The first-order valence-electron chi connectivity index (χ1n) is 12.1. The SMILES string of the molecule is CCOC(=O)N1CCC(O)(CN2[C@@H](c3ccccc3)C[C@@]3(C)[C@@H](O)[C@H](O)CCC[C@@H]23)CC1. The number of aliphatic hydroxyl groups excluding tert-OH is 2. The highest BCUT2D eigenvalue weighted by Crippen LogP contribution is 2.54. The van der Waals surface area contributed by atoms with Gasteiger partial charge in [-0.05, 0) is 51.0 Å². The number of hydrogen-bond donors (Lipinski definition) is 3. The smallest absolute Gasteiger partial charge is 0.409 e. The Morgan fingerprint density at radius 2 is 1.84 bits per heavy atom. The van der Waals surface area contributed by atoms with E-state index in [4.69, 9.17) is 4.74 Å². The molecule has 1 aromatic carbocycles. The van der Waals surface area contributed by atoms with E-state index in [9.17, 15) is 20.1 Å². The fourth-order valence-electron chi connectivity index (χ4n) is 6.22. The van der Waals surface area contributed by atoms with Gasteiger partial charge in [0.25, 0.3) is 0 Å². The third kappa shape index (κ3) is 4.40. The summed E-state index contributed by atoms with van der Waals surface area (Å²) in [4.78, 5) is 16.1. The van der Waals surface area contributed by atoms with Crippen molar-refractivity contribution in [2.75, 3.05) is 26.2 Å². The summed E-state index contributed by atoms with van der Waals surface area (Å²) in [5.41, 5.74) is -0.175. The van der Waals surface area contributed by atoms with Gasteiger partial charge in [-0.15, -0.1) is 0 Å². The lowest BCUT2D eigenvalue weighted by Crippen LogP contribution is -2.55. The number of rotatable bonds is 4. The molecule has 32 heavy (non-hydrogen) atoms. The van der Waals surface area contributed by atoms with Crippen molar-refractivity contribution in [3.05, 3.63) is 35.9 Å². The van der Waals surface area contributed by atoms with Crippen LogP contribution in [-0.2, 0) is 4.74 Å². The van der Waals surface area contributed by atoms with Crippen molar-refractivity contribution in [1.82, 2.24) is 9.80 Å². The molecule has 5 atom stereocenters. The molecule has 178 valence electrons. The molecule has 3 fully saturated rings. The van der Waals surface area contributed by atoms with E-state index in [0.717, 1.165) is 19.3 Å². The Labute approximate surface area is 191 Å². The first kappa shape index (κ1) is 23.5. The highest BCUT2D eigenvalue weighted by molar-refractivity contribution is 5.67. The molecule has 0 aromatic heterocycles. The van der Waals surface area contributed by atoms with Crippen LogP contribution in [0.4, 0.5) is 4.79 Å². The molecule has 3 N–H and O–H groups in total. The van der Waals surface area contributed by atoms with Crippen LogP contribution in [0.1, 0.15) is 64.0 Å². The van der Waals surface area contributed by atoms with Gasteiger partial charge in [0.2, 0.25) is 0 Å². The number of β-amino-alcohol motifs (C(OH)–C–C–N with tert-alkyl or cyclic N) is 1. The van der Waals surface area contributed by atoms with Gasteiger partial charge in [0, 0.05) is 37.1 Å². The Morgan fingerprint density at radius 1 is 1.16 bits per heavy atom. The molecule has 0 bridgehead atoms. The second-order valence-corrected chi connectivity index (χ2v) is 10.2. The van der Waals surface area contributed by atoms with Gasteiger partial charge < -0.3 is 25.0 Å². The van der Waals surface area contributed by atoms with Gasteiger partial charge in [0.1, 0.15) is 0 Å². The summed E-state index contributed by atoms with van der Waals surface area (Å²) in [5.74, 6) is 0. The Morgan fingerprint density at radius 3 is 2.50 bits per heavy atom. The summed E-state index contributed by atoms with van der Waals surface area (Å²) in [5, 5.41) is 33.2. The number of ether oxygens (including phenoxy) is 1. The quantitative estimate of drug-likeness (QED) is 0.659. The van der Waals surface area contributed by atoms with Crippen molar-refractivity contribution in [3.8, 4) is 0 Å². The van der Waals surface area contributed by atoms with Gasteiger partial charge in [0.05, 0.1) is 24.4 Å². The van der Waals surface area contributed by atoms with E-state index in [1.165, 1.54) is 5.56 Å². The zero-order valence-electron chi connectivity index (χ0n) is 19.3. The summed E-state index contributed by atoms with van der Waals surface area (Å²) in [6, 6.07) is 10.4. The molecule has 2 aliphatic heterocycles. The molecule has 1 aliphatic carbocycles. The summed E-state index contributed by atoms with van der Waals surface area (Å²) in [6.07, 6.45) is 2.28. The topological polar surface area (TPSA) is 93.5 Å². The minimum Gasteiger partial charge on any atom is -0.450 e. The number of nitrogens with zero attached hydrogens (tertiary/aromatic N) is 2. The van der Waals surface area contributed by atoms with Crippen LogP contribution in [0.25, 0.3) is 0 Å². The van der Waals surface area contributed by atoms with E-state index in [1.807, 2.05) is 18.2 Å². The number of fused-ring (bicyclic) bond motifs is 1. The number of aliphatic hydroxyl groups is 3. The van der Waals surface area contributed by atoms with Crippen molar-refractivity contribution in [2.24, 2.45) is 5.41 Å². The predicted molar refractivity (Wildman–Crippen MR) is 121 cm³/mol. The number of likely N-dealkylation sites (tertiary alicyclic amines) is 2. The number of hydrogen-bond acceptors (Lipinski definition) is 6. The number of piperidine rings is 1. The molecule has 1 saturated carbocycles. The van der Waals surface area contributed by atoms with E-state index >= 15 is 0 Å². The minimum atomic E-state index is -0.906. The third-order valence-electron chi connectivity index (χ3n) is 8.09. The first-order chi connectivity index (χ1) is 15.3. The second kappa shape index (κ2) is 9.29. The monoisotopic (exact) mass is 446 g/mol. The molecule has 3 aliphatic rings. The van der Waals surface area contributed by atoms with Crippen LogP contribution >= 0.6 is 0 Å². The zero-order chi connectivity index (χ0) is 22.9. The number of carbonyl (C=O) groups excluding carboxylic acids is 1. The van der Waals surface area contributed by atoms with Crippen molar-refractivity contribution >= 4 is 6.09 Å². The molecule has 7 heteroatoms. The standard InChI is InChI=1S/C25H38N2O5/c1-3-32-23(30)26-14-12-25(31,13-15-26)17-27-19(18-8-5-4-6-9-18)16-24(2)21(27)11-7-10-20(28)22(24)29/h4-6,8-9,19-22,28-29,31H,3,7,10-17H2,1-2H3/t19-,20-,21-,22+,24-/m1/s1. The lowest BCUT2D eigenvalue weighted by Gasteiger charge is -2.44. The van der Waals surface area contributed by atoms with Crippen molar-refractivity contribution < 1.29 is 24.9 Å². The maximum atomic E-state index is 12.1. The van der Waals surface area contributed by atoms with Crippen LogP contribution in [0.2, 0.25) is 0 Å². The second-order valence-electron chi connectivity index (χ2n) is 10.2. The molecule has 0 spiro atoms. The minimum absolute atomic E-state index is 0.0678. The molecular weight excluding hydrogens is 408 g/mol. The highest BCUT2D eigenvalue weighted by Gasteiger charge is 2.56. The van der Waals surface area contributed by atoms with Gasteiger partial charge in [-0.3, -0.25) is 4.90 Å². The summed E-state index contributed by atoms with van der Waals surface area (Å²) in [7, 11) is 0. The molecule has 0 radical (unpaired) electrons. The summed E-state index contributed by atoms with van der Waals surface area (Å²) >= 11 is 0. The molecule has 2 heterocycles. The van der Waals surface area contributed by atoms with Crippen LogP contribution in [0, 0.1) is 5.41 Å².